The molecule has 0 aliphatic rings. The third-order valence-electron chi connectivity index (χ3n) is 2.63. The first-order chi connectivity index (χ1) is 7.55. The molecule has 0 saturated carbocycles. The summed E-state index contributed by atoms with van der Waals surface area (Å²) in [7, 11) is 1.66. The Morgan fingerprint density at radius 3 is 2.69 bits per heavy atom. The number of hydrogen-bond donors (Lipinski definition) is 2. The van der Waals surface area contributed by atoms with Crippen molar-refractivity contribution in [2.75, 3.05) is 26.9 Å². The summed E-state index contributed by atoms with van der Waals surface area (Å²) in [5.74, 6) is 0. The van der Waals surface area contributed by atoms with Crippen LogP contribution in [0.4, 0.5) is 0 Å². The number of methoxy groups -OCH3 is 1. The molecule has 94 valence electrons. The zero-order chi connectivity index (χ0) is 12.4. The van der Waals surface area contributed by atoms with Crippen molar-refractivity contribution < 1.29 is 9.84 Å². The van der Waals surface area contributed by atoms with Gasteiger partial charge in [-0.2, -0.15) is 5.26 Å². The Bertz CT molecular complexity index is 206. The second-order valence-electron chi connectivity index (χ2n) is 4.87. The Kier molecular flexibility index (Phi) is 8.18. The number of rotatable bonds is 9. The van der Waals surface area contributed by atoms with Crippen LogP contribution in [0.25, 0.3) is 0 Å². The third-order valence-corrected chi connectivity index (χ3v) is 2.63. The highest BCUT2D eigenvalue weighted by Gasteiger charge is 2.19. The Balaban J connectivity index is 3.92. The third kappa shape index (κ3) is 7.63. The molecule has 0 aromatic carbocycles. The van der Waals surface area contributed by atoms with Crippen LogP contribution < -0.4 is 5.32 Å². The molecule has 0 saturated heterocycles. The lowest BCUT2D eigenvalue weighted by Gasteiger charge is -2.27. The minimum atomic E-state index is 0.108. The summed E-state index contributed by atoms with van der Waals surface area (Å²) in [5, 5.41) is 20.8. The van der Waals surface area contributed by atoms with Gasteiger partial charge in [-0.05, 0) is 18.3 Å². The molecule has 4 nitrogen and oxygen atoms in total. The van der Waals surface area contributed by atoms with Gasteiger partial charge in [-0.25, -0.2) is 0 Å². The van der Waals surface area contributed by atoms with Crippen LogP contribution in [0.5, 0.6) is 0 Å². The number of nitriles is 1. The first-order valence-electron chi connectivity index (χ1n) is 5.76. The summed E-state index contributed by atoms with van der Waals surface area (Å²) in [6, 6.07) is 2.36. The predicted octanol–water partition coefficient (Wildman–Crippen LogP) is 1.30. The molecule has 0 amide bonds. The van der Waals surface area contributed by atoms with E-state index in [0.29, 0.717) is 19.4 Å². The standard InChI is InChI=1S/C12H24N2O2/c1-12(2,6-4-7-13)10-14-11(5-8-15)9-16-3/h11,14-15H,4-6,8-10H2,1-3H3. The summed E-state index contributed by atoms with van der Waals surface area (Å²) < 4.78 is 5.08. The zero-order valence-corrected chi connectivity index (χ0v) is 10.6. The molecule has 0 fully saturated rings. The summed E-state index contributed by atoms with van der Waals surface area (Å²) in [6.07, 6.45) is 2.17. The van der Waals surface area contributed by atoms with Gasteiger partial charge in [0.05, 0.1) is 12.7 Å². The highest BCUT2D eigenvalue weighted by molar-refractivity contribution is 4.80. The summed E-state index contributed by atoms with van der Waals surface area (Å²) in [5.41, 5.74) is 0.108. The van der Waals surface area contributed by atoms with E-state index in [-0.39, 0.29) is 18.1 Å². The van der Waals surface area contributed by atoms with E-state index in [1.807, 2.05) is 0 Å². The molecule has 0 bridgehead atoms. The van der Waals surface area contributed by atoms with E-state index in [2.05, 4.69) is 25.2 Å². The first-order valence-corrected chi connectivity index (χ1v) is 5.76. The second-order valence-corrected chi connectivity index (χ2v) is 4.87. The minimum Gasteiger partial charge on any atom is -0.396 e. The molecule has 0 rings (SSSR count). The lowest BCUT2D eigenvalue weighted by atomic mass is 9.87. The average molecular weight is 228 g/mol. The molecule has 1 atom stereocenters. The highest BCUT2D eigenvalue weighted by Crippen LogP contribution is 2.20. The van der Waals surface area contributed by atoms with E-state index >= 15 is 0 Å². The van der Waals surface area contributed by atoms with E-state index in [9.17, 15) is 0 Å². The fourth-order valence-corrected chi connectivity index (χ4v) is 1.50. The summed E-state index contributed by atoms with van der Waals surface area (Å²) in [4.78, 5) is 0. The minimum absolute atomic E-state index is 0.108. The molecular weight excluding hydrogens is 204 g/mol. The second kappa shape index (κ2) is 8.51. The van der Waals surface area contributed by atoms with Crippen LogP contribution in [0.15, 0.2) is 0 Å². The molecule has 0 aromatic heterocycles. The number of aliphatic hydroxyl groups excluding tert-OH is 1. The molecule has 0 aliphatic heterocycles. The first kappa shape index (κ1) is 15.4. The maximum Gasteiger partial charge on any atom is 0.0621 e. The van der Waals surface area contributed by atoms with Gasteiger partial charge in [0.2, 0.25) is 0 Å². The van der Waals surface area contributed by atoms with Gasteiger partial charge in [0.25, 0.3) is 0 Å². The van der Waals surface area contributed by atoms with Crippen molar-refractivity contribution >= 4 is 0 Å². The molecule has 0 aliphatic carbocycles. The van der Waals surface area contributed by atoms with Crippen molar-refractivity contribution in [3.05, 3.63) is 0 Å². The van der Waals surface area contributed by atoms with Crippen molar-refractivity contribution in [3.63, 3.8) is 0 Å². The quantitative estimate of drug-likeness (QED) is 0.624. The predicted molar refractivity (Wildman–Crippen MR) is 64.0 cm³/mol. The van der Waals surface area contributed by atoms with E-state index < -0.39 is 0 Å². The Morgan fingerprint density at radius 2 is 2.19 bits per heavy atom. The molecular formula is C12H24N2O2. The van der Waals surface area contributed by atoms with Crippen molar-refractivity contribution in [3.8, 4) is 6.07 Å². The maximum atomic E-state index is 8.90. The van der Waals surface area contributed by atoms with E-state index in [1.165, 1.54) is 0 Å². The SMILES string of the molecule is COCC(CCO)NCC(C)(C)CCC#N. The van der Waals surface area contributed by atoms with Crippen LogP contribution in [-0.4, -0.2) is 38.0 Å². The summed E-state index contributed by atoms with van der Waals surface area (Å²) >= 11 is 0. The highest BCUT2D eigenvalue weighted by atomic mass is 16.5. The number of ether oxygens (including phenoxy) is 1. The molecule has 0 aromatic rings. The van der Waals surface area contributed by atoms with Crippen LogP contribution in [0, 0.1) is 16.7 Å². The normalized spacial score (nSPS) is 13.4. The lowest BCUT2D eigenvalue weighted by molar-refractivity contribution is 0.140. The molecule has 0 spiro atoms. The topological polar surface area (TPSA) is 65.3 Å². The van der Waals surface area contributed by atoms with Crippen molar-refractivity contribution in [2.24, 2.45) is 5.41 Å². The van der Waals surface area contributed by atoms with Crippen LogP contribution >= 0.6 is 0 Å². The van der Waals surface area contributed by atoms with E-state index in [1.54, 1.807) is 7.11 Å². The van der Waals surface area contributed by atoms with Gasteiger partial charge in [-0.15, -0.1) is 0 Å². The van der Waals surface area contributed by atoms with Crippen LogP contribution in [0.3, 0.4) is 0 Å². The molecule has 2 N–H and O–H groups in total. The average Bonchev–Trinajstić information content (AvgIpc) is 2.24. The fraction of sp³-hybridized carbons (Fsp3) is 0.917. The van der Waals surface area contributed by atoms with Gasteiger partial charge in [0.15, 0.2) is 0 Å². The van der Waals surface area contributed by atoms with Gasteiger partial charge < -0.3 is 15.2 Å². The Hall–Kier alpha value is -0.630. The van der Waals surface area contributed by atoms with Crippen LogP contribution in [0.1, 0.15) is 33.1 Å². The summed E-state index contributed by atoms with van der Waals surface area (Å²) in [6.45, 7) is 5.89. The lowest BCUT2D eigenvalue weighted by Crippen LogP contribution is -2.40. The van der Waals surface area contributed by atoms with Crippen LogP contribution in [0.2, 0.25) is 0 Å². The molecule has 0 heterocycles. The Labute approximate surface area is 98.6 Å². The van der Waals surface area contributed by atoms with Crippen LogP contribution in [-0.2, 0) is 4.74 Å². The molecule has 0 radical (unpaired) electrons. The number of nitrogens with zero attached hydrogens (tertiary/aromatic N) is 1. The monoisotopic (exact) mass is 228 g/mol. The van der Waals surface area contributed by atoms with E-state index in [4.69, 9.17) is 15.1 Å². The van der Waals surface area contributed by atoms with E-state index in [0.717, 1.165) is 13.0 Å². The molecule has 4 heteroatoms. The number of nitrogens with one attached hydrogen (secondary N) is 1. The number of aliphatic hydroxyl groups is 1. The van der Waals surface area contributed by atoms with Gasteiger partial charge in [0.1, 0.15) is 0 Å². The molecule has 16 heavy (non-hydrogen) atoms. The smallest absolute Gasteiger partial charge is 0.0621 e. The van der Waals surface area contributed by atoms with Crippen molar-refractivity contribution in [2.45, 2.75) is 39.2 Å². The van der Waals surface area contributed by atoms with Gasteiger partial charge >= 0.3 is 0 Å². The van der Waals surface area contributed by atoms with Crippen molar-refractivity contribution in [1.82, 2.24) is 5.32 Å². The Morgan fingerprint density at radius 1 is 1.50 bits per heavy atom. The number of hydrogen-bond acceptors (Lipinski definition) is 4. The largest absolute Gasteiger partial charge is 0.396 e. The van der Waals surface area contributed by atoms with Gasteiger partial charge in [-0.3, -0.25) is 0 Å². The fourth-order valence-electron chi connectivity index (χ4n) is 1.50. The van der Waals surface area contributed by atoms with Crippen molar-refractivity contribution in [1.29, 1.82) is 5.26 Å². The molecule has 1 unspecified atom stereocenters. The van der Waals surface area contributed by atoms with Gasteiger partial charge in [0, 0.05) is 32.7 Å². The zero-order valence-electron chi connectivity index (χ0n) is 10.6. The van der Waals surface area contributed by atoms with Gasteiger partial charge in [-0.1, -0.05) is 13.8 Å². The maximum absolute atomic E-state index is 8.90.